The minimum Gasteiger partial charge on any atom is -0.338 e. The predicted molar refractivity (Wildman–Crippen MR) is 116 cm³/mol. The molecule has 0 saturated carbocycles. The summed E-state index contributed by atoms with van der Waals surface area (Å²) in [6.07, 6.45) is 3.68. The fraction of sp³-hybridized carbons (Fsp3) is 0.250. The van der Waals surface area contributed by atoms with Crippen LogP contribution in [-0.2, 0) is 0 Å². The quantitative estimate of drug-likeness (QED) is 0.705. The van der Waals surface area contributed by atoms with Crippen molar-refractivity contribution in [2.45, 2.75) is 25.7 Å². The van der Waals surface area contributed by atoms with Crippen molar-refractivity contribution in [3.05, 3.63) is 83.2 Å². The van der Waals surface area contributed by atoms with E-state index < -0.39 is 0 Å². The van der Waals surface area contributed by atoms with Gasteiger partial charge in [0, 0.05) is 36.5 Å². The molecule has 0 radical (unpaired) electrons. The molecule has 1 amide bonds. The standard InChI is InChI=1S/C24H23N5O/c1-17-5-2-3-7-21(17)27-24-26-13-12-22(28-24)20-6-4-14-29(16-20)23(30)19-10-8-18(15-25)9-11-19/h2-3,5,7-13,20H,4,6,14,16H2,1H3,(H,26,27,28)/t20-/m0/s1. The summed E-state index contributed by atoms with van der Waals surface area (Å²) in [5.41, 5.74) is 4.22. The number of nitrogens with one attached hydrogen (secondary N) is 1. The number of rotatable bonds is 4. The molecule has 1 aromatic heterocycles. The number of likely N-dealkylation sites (tertiary alicyclic amines) is 1. The van der Waals surface area contributed by atoms with Crippen LogP contribution in [0.15, 0.2) is 60.8 Å². The van der Waals surface area contributed by atoms with E-state index in [9.17, 15) is 4.79 Å². The van der Waals surface area contributed by atoms with Gasteiger partial charge in [0.05, 0.1) is 17.3 Å². The van der Waals surface area contributed by atoms with Crippen molar-refractivity contribution in [1.82, 2.24) is 14.9 Å². The Morgan fingerprint density at radius 2 is 1.97 bits per heavy atom. The number of amides is 1. The summed E-state index contributed by atoms with van der Waals surface area (Å²) in [4.78, 5) is 23.9. The average Bonchev–Trinajstić information content (AvgIpc) is 2.80. The Morgan fingerprint density at radius 3 is 2.73 bits per heavy atom. The molecule has 2 heterocycles. The van der Waals surface area contributed by atoms with E-state index in [1.54, 1.807) is 30.5 Å². The van der Waals surface area contributed by atoms with E-state index in [4.69, 9.17) is 10.2 Å². The highest BCUT2D eigenvalue weighted by Gasteiger charge is 2.26. The van der Waals surface area contributed by atoms with E-state index in [1.807, 2.05) is 42.2 Å². The molecule has 0 bridgehead atoms. The lowest BCUT2D eigenvalue weighted by atomic mass is 9.94. The molecular weight excluding hydrogens is 374 g/mol. The van der Waals surface area contributed by atoms with Gasteiger partial charge in [-0.3, -0.25) is 4.79 Å². The molecule has 6 heteroatoms. The Kier molecular flexibility index (Phi) is 5.71. The second-order valence-electron chi connectivity index (χ2n) is 7.52. The van der Waals surface area contributed by atoms with Crippen LogP contribution in [0.25, 0.3) is 0 Å². The Hall–Kier alpha value is -3.72. The molecule has 1 fully saturated rings. The van der Waals surface area contributed by atoms with Crippen LogP contribution in [0.5, 0.6) is 0 Å². The van der Waals surface area contributed by atoms with Gasteiger partial charge in [-0.25, -0.2) is 9.97 Å². The van der Waals surface area contributed by atoms with Crippen molar-refractivity contribution in [3.63, 3.8) is 0 Å². The second-order valence-corrected chi connectivity index (χ2v) is 7.52. The van der Waals surface area contributed by atoms with Crippen molar-refractivity contribution < 1.29 is 4.79 Å². The molecular formula is C24H23N5O. The number of carbonyl (C=O) groups excluding carboxylic acids is 1. The van der Waals surface area contributed by atoms with Gasteiger partial charge in [0.15, 0.2) is 0 Å². The Balaban J connectivity index is 1.48. The van der Waals surface area contributed by atoms with Crippen molar-refractivity contribution in [1.29, 1.82) is 5.26 Å². The first kappa shape index (κ1) is 19.6. The lowest BCUT2D eigenvalue weighted by Crippen LogP contribution is -2.39. The third kappa shape index (κ3) is 4.31. The van der Waals surface area contributed by atoms with Gasteiger partial charge in [-0.15, -0.1) is 0 Å². The molecule has 4 rings (SSSR count). The molecule has 0 spiro atoms. The summed E-state index contributed by atoms with van der Waals surface area (Å²) >= 11 is 0. The molecule has 150 valence electrons. The third-order valence-corrected chi connectivity index (χ3v) is 5.46. The molecule has 30 heavy (non-hydrogen) atoms. The maximum absolute atomic E-state index is 12.9. The van der Waals surface area contributed by atoms with Crippen molar-refractivity contribution in [2.75, 3.05) is 18.4 Å². The largest absolute Gasteiger partial charge is 0.338 e. The van der Waals surface area contributed by atoms with Gasteiger partial charge in [0.25, 0.3) is 5.91 Å². The number of aromatic nitrogens is 2. The first-order valence-corrected chi connectivity index (χ1v) is 10.1. The van der Waals surface area contributed by atoms with Gasteiger partial charge < -0.3 is 10.2 Å². The summed E-state index contributed by atoms with van der Waals surface area (Å²) in [6.45, 7) is 3.40. The van der Waals surface area contributed by atoms with Crippen LogP contribution in [0.4, 0.5) is 11.6 Å². The zero-order chi connectivity index (χ0) is 20.9. The highest BCUT2D eigenvalue weighted by molar-refractivity contribution is 5.94. The van der Waals surface area contributed by atoms with Crippen LogP contribution in [0, 0.1) is 18.3 Å². The number of anilines is 2. The van der Waals surface area contributed by atoms with E-state index >= 15 is 0 Å². The van der Waals surface area contributed by atoms with Crippen LogP contribution in [-0.4, -0.2) is 33.9 Å². The van der Waals surface area contributed by atoms with E-state index in [0.717, 1.165) is 36.3 Å². The van der Waals surface area contributed by atoms with Crippen LogP contribution in [0.1, 0.15) is 45.9 Å². The molecule has 1 aliphatic heterocycles. The van der Waals surface area contributed by atoms with Gasteiger partial charge in [0.2, 0.25) is 5.95 Å². The average molecular weight is 397 g/mol. The zero-order valence-electron chi connectivity index (χ0n) is 16.9. The molecule has 6 nitrogen and oxygen atoms in total. The van der Waals surface area contributed by atoms with Crippen molar-refractivity contribution in [3.8, 4) is 6.07 Å². The number of piperidine rings is 1. The fourth-order valence-electron chi connectivity index (χ4n) is 3.77. The monoisotopic (exact) mass is 397 g/mol. The number of nitriles is 1. The summed E-state index contributed by atoms with van der Waals surface area (Å²) in [5, 5.41) is 12.2. The highest BCUT2D eigenvalue weighted by Crippen LogP contribution is 2.27. The smallest absolute Gasteiger partial charge is 0.253 e. The van der Waals surface area contributed by atoms with Crippen molar-refractivity contribution in [2.24, 2.45) is 0 Å². The fourth-order valence-corrected chi connectivity index (χ4v) is 3.77. The van der Waals surface area contributed by atoms with Gasteiger partial charge >= 0.3 is 0 Å². The molecule has 0 unspecified atom stereocenters. The van der Waals surface area contributed by atoms with Gasteiger partial charge in [-0.05, 0) is 61.7 Å². The number of nitrogens with zero attached hydrogens (tertiary/aromatic N) is 4. The van der Waals surface area contributed by atoms with E-state index in [2.05, 4.69) is 16.4 Å². The number of carbonyl (C=O) groups is 1. The molecule has 3 aromatic rings. The number of benzene rings is 2. The van der Waals surface area contributed by atoms with Crippen molar-refractivity contribution >= 4 is 17.5 Å². The first-order chi connectivity index (χ1) is 14.6. The van der Waals surface area contributed by atoms with Gasteiger partial charge in [-0.1, -0.05) is 18.2 Å². The lowest BCUT2D eigenvalue weighted by molar-refractivity contribution is 0.0706. The van der Waals surface area contributed by atoms with Crippen LogP contribution >= 0.6 is 0 Å². The van der Waals surface area contributed by atoms with Crippen LogP contribution in [0.2, 0.25) is 0 Å². The summed E-state index contributed by atoms with van der Waals surface area (Å²) in [5.74, 6) is 0.732. The summed E-state index contributed by atoms with van der Waals surface area (Å²) in [6, 6.07) is 18.8. The normalized spacial score (nSPS) is 16.0. The lowest BCUT2D eigenvalue weighted by Gasteiger charge is -2.32. The summed E-state index contributed by atoms with van der Waals surface area (Å²) < 4.78 is 0. The van der Waals surface area contributed by atoms with Crippen LogP contribution in [0.3, 0.4) is 0 Å². The second kappa shape index (κ2) is 8.75. The van der Waals surface area contributed by atoms with Crippen LogP contribution < -0.4 is 5.32 Å². The first-order valence-electron chi connectivity index (χ1n) is 10.1. The number of hydrogen-bond donors (Lipinski definition) is 1. The van der Waals surface area contributed by atoms with Gasteiger partial charge in [0.1, 0.15) is 0 Å². The van der Waals surface area contributed by atoms with E-state index in [0.29, 0.717) is 23.6 Å². The Morgan fingerprint density at radius 1 is 1.17 bits per heavy atom. The topological polar surface area (TPSA) is 81.9 Å². The van der Waals surface area contributed by atoms with Gasteiger partial charge in [-0.2, -0.15) is 5.26 Å². The third-order valence-electron chi connectivity index (χ3n) is 5.46. The predicted octanol–water partition coefficient (Wildman–Crippen LogP) is 4.42. The molecule has 1 saturated heterocycles. The molecule has 2 aromatic carbocycles. The number of aryl methyl sites for hydroxylation is 1. The van der Waals surface area contributed by atoms with E-state index in [1.165, 1.54) is 0 Å². The SMILES string of the molecule is Cc1ccccc1Nc1nccc([C@H]2CCCN(C(=O)c3ccc(C#N)cc3)C2)n1. The minimum atomic E-state index is -0.00324. The zero-order valence-corrected chi connectivity index (χ0v) is 16.9. The molecule has 0 aliphatic carbocycles. The van der Waals surface area contributed by atoms with E-state index in [-0.39, 0.29) is 11.8 Å². The minimum absolute atomic E-state index is 0.00324. The number of hydrogen-bond acceptors (Lipinski definition) is 5. The maximum atomic E-state index is 12.9. The number of para-hydroxylation sites is 1. The highest BCUT2D eigenvalue weighted by atomic mass is 16.2. The Labute approximate surface area is 176 Å². The molecule has 1 N–H and O–H groups in total. The maximum Gasteiger partial charge on any atom is 0.253 e. The molecule has 1 aliphatic rings. The Bertz CT molecular complexity index is 1090. The summed E-state index contributed by atoms with van der Waals surface area (Å²) in [7, 11) is 0. The molecule has 1 atom stereocenters.